The maximum Gasteiger partial charge on any atom is 0.0970 e. The van der Waals surface area contributed by atoms with Gasteiger partial charge in [-0.1, -0.05) is 60.7 Å². The first-order chi connectivity index (χ1) is 13.9. The fourth-order valence-electron chi connectivity index (χ4n) is 4.44. The average Bonchev–Trinajstić information content (AvgIpc) is 2.77. The molecule has 2 heteroatoms. The van der Waals surface area contributed by atoms with Gasteiger partial charge in [-0.2, -0.15) is 0 Å². The van der Waals surface area contributed by atoms with Crippen molar-refractivity contribution in [2.75, 3.05) is 0 Å². The molecule has 2 nitrogen and oxygen atoms in total. The number of allylic oxidation sites excluding steroid dienone is 4. The number of benzene rings is 2. The van der Waals surface area contributed by atoms with Crippen LogP contribution in [0, 0.1) is 11.8 Å². The van der Waals surface area contributed by atoms with Gasteiger partial charge >= 0.3 is 0 Å². The molecule has 0 amide bonds. The molecule has 2 unspecified atom stereocenters. The molecule has 2 aliphatic carbocycles. The summed E-state index contributed by atoms with van der Waals surface area (Å²) in [6.07, 6.45) is 17.3. The summed E-state index contributed by atoms with van der Waals surface area (Å²) in [6.45, 7) is 0. The third-order valence-electron chi connectivity index (χ3n) is 5.82. The van der Waals surface area contributed by atoms with Gasteiger partial charge in [-0.25, -0.2) is 0 Å². The van der Waals surface area contributed by atoms with E-state index in [4.69, 9.17) is 0 Å². The van der Waals surface area contributed by atoms with Crippen LogP contribution in [0.5, 0.6) is 0 Å². The van der Waals surface area contributed by atoms with E-state index < -0.39 is 0 Å². The van der Waals surface area contributed by atoms with Crippen molar-refractivity contribution in [1.82, 2.24) is 9.97 Å². The molecule has 0 bridgehead atoms. The molecule has 0 saturated carbocycles. The zero-order valence-electron chi connectivity index (χ0n) is 15.3. The fraction of sp³-hybridized carbons (Fsp3) is 0.0769. The van der Waals surface area contributed by atoms with E-state index in [2.05, 4.69) is 82.8 Å². The third-order valence-corrected chi connectivity index (χ3v) is 5.82. The van der Waals surface area contributed by atoms with Crippen LogP contribution in [0.1, 0.15) is 0 Å². The van der Waals surface area contributed by atoms with Crippen LogP contribution < -0.4 is 10.4 Å². The number of fused-ring (bicyclic) bond motifs is 5. The second-order valence-electron chi connectivity index (χ2n) is 7.50. The topological polar surface area (TPSA) is 25.8 Å². The van der Waals surface area contributed by atoms with Crippen LogP contribution in [-0.4, -0.2) is 9.97 Å². The normalized spacial score (nSPS) is 19.7. The third kappa shape index (κ3) is 2.35. The summed E-state index contributed by atoms with van der Waals surface area (Å²) in [4.78, 5) is 9.22. The zero-order valence-corrected chi connectivity index (χ0v) is 15.3. The van der Waals surface area contributed by atoms with Crippen molar-refractivity contribution in [3.8, 4) is 11.1 Å². The standard InChI is InChI=1S/C26H18N2/c1-2-6-18-14-22-15-20(10-9-19(22)13-17(18)5-1)24-16-21-7-3-11-27-25(21)26-23(24)8-4-12-28-26/h1-18H. The van der Waals surface area contributed by atoms with E-state index in [0.29, 0.717) is 11.8 Å². The molecule has 6 rings (SSSR count). The van der Waals surface area contributed by atoms with Crippen molar-refractivity contribution in [3.63, 3.8) is 0 Å². The molecule has 0 N–H and O–H groups in total. The van der Waals surface area contributed by atoms with Gasteiger partial charge in [-0.05, 0) is 45.8 Å². The molecule has 0 spiro atoms. The van der Waals surface area contributed by atoms with E-state index in [1.165, 1.54) is 21.6 Å². The Kier molecular flexibility index (Phi) is 3.33. The van der Waals surface area contributed by atoms with Crippen LogP contribution in [0.15, 0.2) is 85.2 Å². The van der Waals surface area contributed by atoms with Gasteiger partial charge in [0.2, 0.25) is 0 Å². The summed E-state index contributed by atoms with van der Waals surface area (Å²) in [5.74, 6) is 0.923. The van der Waals surface area contributed by atoms with Gasteiger partial charge < -0.3 is 0 Å². The molecule has 2 heterocycles. The first-order valence-electron chi connectivity index (χ1n) is 9.68. The molecular formula is C26H18N2. The lowest BCUT2D eigenvalue weighted by atomic mass is 9.83. The minimum atomic E-state index is 0.451. The number of nitrogens with zero attached hydrogens (tertiary/aromatic N) is 2. The Morgan fingerprint density at radius 3 is 2.29 bits per heavy atom. The highest BCUT2D eigenvalue weighted by molar-refractivity contribution is 6.10. The largest absolute Gasteiger partial charge is 0.254 e. The van der Waals surface area contributed by atoms with E-state index in [1.54, 1.807) is 0 Å². The van der Waals surface area contributed by atoms with E-state index >= 15 is 0 Å². The minimum Gasteiger partial charge on any atom is -0.254 e. The van der Waals surface area contributed by atoms with Crippen LogP contribution in [-0.2, 0) is 0 Å². The minimum absolute atomic E-state index is 0.451. The molecule has 4 aromatic rings. The number of pyridine rings is 2. The second kappa shape index (κ2) is 6.00. The van der Waals surface area contributed by atoms with E-state index in [-0.39, 0.29) is 0 Å². The van der Waals surface area contributed by atoms with Crippen molar-refractivity contribution < 1.29 is 0 Å². The lowest BCUT2D eigenvalue weighted by molar-refractivity contribution is 0.723. The molecule has 2 aromatic heterocycles. The summed E-state index contributed by atoms with van der Waals surface area (Å²) in [5.41, 5.74) is 4.35. The van der Waals surface area contributed by atoms with E-state index in [9.17, 15) is 0 Å². The van der Waals surface area contributed by atoms with Crippen molar-refractivity contribution in [2.45, 2.75) is 0 Å². The summed E-state index contributed by atoms with van der Waals surface area (Å²) >= 11 is 0. The first-order valence-corrected chi connectivity index (χ1v) is 9.68. The smallest absolute Gasteiger partial charge is 0.0970 e. The Morgan fingerprint density at radius 1 is 0.679 bits per heavy atom. The Balaban J connectivity index is 1.63. The summed E-state index contributed by atoms with van der Waals surface area (Å²) in [6, 6.07) is 17.3. The van der Waals surface area contributed by atoms with Crippen molar-refractivity contribution in [1.29, 1.82) is 0 Å². The SMILES string of the molecule is C1=CC2C=c3ccc(-c4cc5cccnc5c5ncccc45)cc3=CC2C=C1. The number of aromatic nitrogens is 2. The van der Waals surface area contributed by atoms with Crippen molar-refractivity contribution >= 4 is 34.0 Å². The Labute approximate surface area is 162 Å². The van der Waals surface area contributed by atoms with E-state index in [1.807, 2.05) is 24.5 Å². The fourth-order valence-corrected chi connectivity index (χ4v) is 4.44. The maximum absolute atomic E-state index is 4.64. The molecule has 132 valence electrons. The van der Waals surface area contributed by atoms with Crippen LogP contribution in [0.3, 0.4) is 0 Å². The van der Waals surface area contributed by atoms with Crippen LogP contribution in [0.2, 0.25) is 0 Å². The molecule has 2 atom stereocenters. The first kappa shape index (κ1) is 15.5. The van der Waals surface area contributed by atoms with Gasteiger partial charge in [0.15, 0.2) is 0 Å². The highest BCUT2D eigenvalue weighted by Gasteiger charge is 2.17. The second-order valence-corrected chi connectivity index (χ2v) is 7.50. The Hall–Kier alpha value is -3.52. The number of hydrogen-bond acceptors (Lipinski definition) is 2. The predicted octanol–water partition coefficient (Wildman–Crippen LogP) is 4.38. The van der Waals surface area contributed by atoms with Gasteiger partial charge in [0.25, 0.3) is 0 Å². The highest BCUT2D eigenvalue weighted by Crippen LogP contribution is 2.32. The Morgan fingerprint density at radius 2 is 1.43 bits per heavy atom. The Bertz CT molecular complexity index is 1430. The van der Waals surface area contributed by atoms with Crippen LogP contribution in [0.4, 0.5) is 0 Å². The molecule has 0 radical (unpaired) electrons. The molecular weight excluding hydrogens is 340 g/mol. The monoisotopic (exact) mass is 358 g/mol. The average molecular weight is 358 g/mol. The molecule has 2 aliphatic rings. The van der Waals surface area contributed by atoms with Gasteiger partial charge in [0.05, 0.1) is 11.0 Å². The van der Waals surface area contributed by atoms with E-state index in [0.717, 1.165) is 21.8 Å². The molecule has 28 heavy (non-hydrogen) atoms. The summed E-state index contributed by atoms with van der Waals surface area (Å²) < 4.78 is 0. The van der Waals surface area contributed by atoms with Crippen molar-refractivity contribution in [3.05, 3.63) is 95.7 Å². The summed E-state index contributed by atoms with van der Waals surface area (Å²) in [5, 5.41) is 4.89. The quantitative estimate of drug-likeness (QED) is 0.472. The highest BCUT2D eigenvalue weighted by atomic mass is 14.7. The van der Waals surface area contributed by atoms with Crippen molar-refractivity contribution in [2.24, 2.45) is 11.8 Å². The lowest BCUT2D eigenvalue weighted by Gasteiger charge is -2.21. The van der Waals surface area contributed by atoms with Gasteiger partial charge in [0.1, 0.15) is 0 Å². The number of hydrogen-bond donors (Lipinski definition) is 0. The number of rotatable bonds is 1. The van der Waals surface area contributed by atoms with Gasteiger partial charge in [-0.15, -0.1) is 0 Å². The summed E-state index contributed by atoms with van der Waals surface area (Å²) in [7, 11) is 0. The van der Waals surface area contributed by atoms with Gasteiger partial charge in [-0.3, -0.25) is 9.97 Å². The van der Waals surface area contributed by atoms with Gasteiger partial charge in [0, 0.05) is 35.0 Å². The molecule has 0 aliphatic heterocycles. The molecule has 0 saturated heterocycles. The molecule has 2 aromatic carbocycles. The van der Waals surface area contributed by atoms with Crippen LogP contribution >= 0.6 is 0 Å². The lowest BCUT2D eigenvalue weighted by Crippen LogP contribution is -2.32. The zero-order chi connectivity index (χ0) is 18.5. The predicted molar refractivity (Wildman–Crippen MR) is 116 cm³/mol. The maximum atomic E-state index is 4.64. The van der Waals surface area contributed by atoms with Crippen LogP contribution in [0.25, 0.3) is 45.1 Å². The molecule has 0 fully saturated rings.